The summed E-state index contributed by atoms with van der Waals surface area (Å²) in [6.45, 7) is 4.33. The summed E-state index contributed by atoms with van der Waals surface area (Å²) in [5.74, 6) is -0.794. The lowest BCUT2D eigenvalue weighted by atomic mass is 10.1. The van der Waals surface area contributed by atoms with Gasteiger partial charge in [-0.1, -0.05) is 59.7 Å². The van der Waals surface area contributed by atoms with Crippen molar-refractivity contribution in [1.29, 1.82) is 0 Å². The maximum atomic E-state index is 13.0. The van der Waals surface area contributed by atoms with Crippen molar-refractivity contribution in [2.45, 2.75) is 20.5 Å². The number of amides is 4. The van der Waals surface area contributed by atoms with Gasteiger partial charge in [-0.2, -0.15) is 0 Å². The van der Waals surface area contributed by atoms with Crippen LogP contribution in [0.1, 0.15) is 22.3 Å². The Morgan fingerprint density at radius 2 is 1.53 bits per heavy atom. The molecule has 0 bridgehead atoms. The average molecular weight is 426 g/mol. The molecule has 6 heteroatoms. The molecular formula is C26H22N2O4. The topological polar surface area (TPSA) is 75.7 Å². The average Bonchev–Trinajstić information content (AvgIpc) is 2.78. The molecule has 1 aliphatic rings. The summed E-state index contributed by atoms with van der Waals surface area (Å²) in [5.41, 5.74) is 4.09. The second-order valence-electron chi connectivity index (χ2n) is 7.64. The van der Waals surface area contributed by atoms with Crippen molar-refractivity contribution in [2.75, 3.05) is 4.90 Å². The van der Waals surface area contributed by atoms with Gasteiger partial charge in [0.1, 0.15) is 17.9 Å². The third-order valence-corrected chi connectivity index (χ3v) is 5.09. The Morgan fingerprint density at radius 3 is 2.22 bits per heavy atom. The van der Waals surface area contributed by atoms with Gasteiger partial charge in [0, 0.05) is 0 Å². The number of nitrogens with one attached hydrogen (secondary N) is 1. The van der Waals surface area contributed by atoms with E-state index in [0.717, 1.165) is 16.0 Å². The van der Waals surface area contributed by atoms with Crippen LogP contribution >= 0.6 is 0 Å². The monoisotopic (exact) mass is 426 g/mol. The number of barbiturate groups is 1. The van der Waals surface area contributed by atoms with Crippen LogP contribution in [0.3, 0.4) is 0 Å². The van der Waals surface area contributed by atoms with E-state index in [1.165, 1.54) is 11.6 Å². The van der Waals surface area contributed by atoms with Gasteiger partial charge in [0.25, 0.3) is 11.8 Å². The van der Waals surface area contributed by atoms with Crippen molar-refractivity contribution in [2.24, 2.45) is 0 Å². The molecule has 0 atom stereocenters. The Hall–Kier alpha value is -4.19. The number of nitrogens with zero attached hydrogens (tertiary/aromatic N) is 1. The van der Waals surface area contributed by atoms with Gasteiger partial charge in [-0.3, -0.25) is 14.9 Å². The van der Waals surface area contributed by atoms with Crippen LogP contribution in [0.25, 0.3) is 6.08 Å². The van der Waals surface area contributed by atoms with E-state index in [-0.39, 0.29) is 5.57 Å². The molecule has 1 N–H and O–H groups in total. The zero-order chi connectivity index (χ0) is 22.7. The lowest BCUT2D eigenvalue weighted by Crippen LogP contribution is -2.54. The van der Waals surface area contributed by atoms with Crippen LogP contribution in [-0.2, 0) is 16.2 Å². The first-order valence-electron chi connectivity index (χ1n) is 10.2. The number of hydrogen-bond acceptors (Lipinski definition) is 4. The predicted octanol–water partition coefficient (Wildman–Crippen LogP) is 4.55. The van der Waals surface area contributed by atoms with Crippen molar-refractivity contribution >= 4 is 29.6 Å². The van der Waals surface area contributed by atoms with Gasteiger partial charge in [-0.15, -0.1) is 0 Å². The number of ether oxygens (including phenoxy) is 1. The maximum absolute atomic E-state index is 13.0. The van der Waals surface area contributed by atoms with E-state index in [1.54, 1.807) is 48.5 Å². The highest BCUT2D eigenvalue weighted by molar-refractivity contribution is 6.39. The minimum absolute atomic E-state index is 0.124. The lowest BCUT2D eigenvalue weighted by Gasteiger charge is -2.26. The Balaban J connectivity index is 1.56. The molecule has 0 aromatic heterocycles. The van der Waals surface area contributed by atoms with Crippen LogP contribution < -0.4 is 15.0 Å². The zero-order valence-corrected chi connectivity index (χ0v) is 17.8. The van der Waals surface area contributed by atoms with Crippen molar-refractivity contribution < 1.29 is 19.1 Å². The van der Waals surface area contributed by atoms with Crippen LogP contribution in [0.4, 0.5) is 10.5 Å². The van der Waals surface area contributed by atoms with Crippen LogP contribution in [0, 0.1) is 13.8 Å². The fourth-order valence-corrected chi connectivity index (χ4v) is 3.30. The van der Waals surface area contributed by atoms with Gasteiger partial charge in [0.2, 0.25) is 0 Å². The van der Waals surface area contributed by atoms with Crippen molar-refractivity contribution in [3.8, 4) is 5.75 Å². The molecular weight excluding hydrogens is 404 g/mol. The molecule has 160 valence electrons. The molecule has 0 aliphatic carbocycles. The summed E-state index contributed by atoms with van der Waals surface area (Å²) in [4.78, 5) is 38.7. The highest BCUT2D eigenvalue weighted by atomic mass is 16.5. The molecule has 3 aromatic rings. The van der Waals surface area contributed by atoms with Gasteiger partial charge >= 0.3 is 6.03 Å². The summed E-state index contributed by atoms with van der Waals surface area (Å²) < 4.78 is 5.85. The highest BCUT2D eigenvalue weighted by Crippen LogP contribution is 2.23. The van der Waals surface area contributed by atoms with Gasteiger partial charge < -0.3 is 4.74 Å². The van der Waals surface area contributed by atoms with Crippen LogP contribution in [0.5, 0.6) is 5.75 Å². The Kier molecular flexibility index (Phi) is 5.85. The third-order valence-electron chi connectivity index (χ3n) is 5.09. The van der Waals surface area contributed by atoms with Crippen LogP contribution in [0.15, 0.2) is 78.4 Å². The minimum Gasteiger partial charge on any atom is -0.489 e. The smallest absolute Gasteiger partial charge is 0.335 e. The standard InChI is InChI=1S/C26H22N2O4/c1-17-6-10-19(11-7-17)16-32-22-5-3-4-20(14-22)15-23-24(29)27-26(31)28(25(23)30)21-12-8-18(2)9-13-21/h3-15H,16H2,1-2H3,(H,27,29,31)/b23-15-. The van der Waals surface area contributed by atoms with Gasteiger partial charge in [-0.25, -0.2) is 9.69 Å². The van der Waals surface area contributed by atoms with Gasteiger partial charge in [-0.05, 0) is 55.3 Å². The molecule has 0 unspecified atom stereocenters. The molecule has 0 spiro atoms. The predicted molar refractivity (Wildman–Crippen MR) is 122 cm³/mol. The number of benzene rings is 3. The lowest BCUT2D eigenvalue weighted by molar-refractivity contribution is -0.122. The van der Waals surface area contributed by atoms with E-state index in [9.17, 15) is 14.4 Å². The molecule has 4 amide bonds. The Morgan fingerprint density at radius 1 is 0.875 bits per heavy atom. The summed E-state index contributed by atoms with van der Waals surface area (Å²) in [7, 11) is 0. The first-order valence-corrected chi connectivity index (χ1v) is 10.2. The molecule has 4 rings (SSSR count). The second kappa shape index (κ2) is 8.89. The van der Waals surface area contributed by atoms with E-state index in [1.807, 2.05) is 38.1 Å². The molecule has 1 fully saturated rings. The number of rotatable bonds is 5. The highest BCUT2D eigenvalue weighted by Gasteiger charge is 2.36. The first kappa shape index (κ1) is 21.1. The van der Waals surface area contributed by atoms with E-state index in [0.29, 0.717) is 23.6 Å². The first-order chi connectivity index (χ1) is 15.4. The quantitative estimate of drug-likeness (QED) is 0.480. The fourth-order valence-electron chi connectivity index (χ4n) is 3.30. The van der Waals surface area contributed by atoms with Crippen LogP contribution in [-0.4, -0.2) is 17.8 Å². The third kappa shape index (κ3) is 4.59. The SMILES string of the molecule is Cc1ccc(COc2cccc(/C=C3/C(=O)NC(=O)N(c4ccc(C)cc4)C3=O)c2)cc1. The summed E-state index contributed by atoms with van der Waals surface area (Å²) in [5, 5.41) is 2.24. The number of carbonyl (C=O) groups excluding carboxylic acids is 3. The molecule has 0 radical (unpaired) electrons. The number of urea groups is 1. The maximum Gasteiger partial charge on any atom is 0.335 e. The van der Waals surface area contributed by atoms with E-state index in [2.05, 4.69) is 5.32 Å². The second-order valence-corrected chi connectivity index (χ2v) is 7.64. The Labute approximate surface area is 186 Å². The normalized spacial score (nSPS) is 15.1. The van der Waals surface area contributed by atoms with Gasteiger partial charge in [0.15, 0.2) is 0 Å². The zero-order valence-electron chi connectivity index (χ0n) is 17.8. The molecule has 6 nitrogen and oxygen atoms in total. The molecule has 0 saturated carbocycles. The summed E-state index contributed by atoms with van der Waals surface area (Å²) in [6, 6.07) is 21.3. The van der Waals surface area contributed by atoms with Crippen molar-refractivity contribution in [3.63, 3.8) is 0 Å². The fraction of sp³-hybridized carbons (Fsp3) is 0.115. The summed E-state index contributed by atoms with van der Waals surface area (Å²) in [6.07, 6.45) is 1.46. The van der Waals surface area contributed by atoms with Crippen molar-refractivity contribution in [3.05, 3.63) is 101 Å². The van der Waals surface area contributed by atoms with Crippen LogP contribution in [0.2, 0.25) is 0 Å². The molecule has 1 heterocycles. The molecule has 1 aliphatic heterocycles. The van der Waals surface area contributed by atoms with E-state index < -0.39 is 17.8 Å². The largest absolute Gasteiger partial charge is 0.489 e. The number of hydrogen-bond donors (Lipinski definition) is 1. The van der Waals surface area contributed by atoms with Gasteiger partial charge in [0.05, 0.1) is 5.69 Å². The minimum atomic E-state index is -0.767. The van der Waals surface area contributed by atoms with E-state index >= 15 is 0 Å². The number of anilines is 1. The Bertz CT molecular complexity index is 1210. The molecule has 3 aromatic carbocycles. The van der Waals surface area contributed by atoms with E-state index in [4.69, 9.17) is 4.74 Å². The number of carbonyl (C=O) groups is 3. The number of aryl methyl sites for hydroxylation is 2. The number of imide groups is 2. The molecule has 1 saturated heterocycles. The summed E-state index contributed by atoms with van der Waals surface area (Å²) >= 11 is 0. The van der Waals surface area contributed by atoms with Crippen molar-refractivity contribution in [1.82, 2.24) is 5.32 Å². The molecule has 32 heavy (non-hydrogen) atoms.